The number of aromatic amines is 1. The Labute approximate surface area is 110 Å². The van der Waals surface area contributed by atoms with Crippen molar-refractivity contribution in [2.75, 3.05) is 12.4 Å². The van der Waals surface area contributed by atoms with E-state index in [4.69, 9.17) is 0 Å². The molecule has 2 aromatic rings. The summed E-state index contributed by atoms with van der Waals surface area (Å²) in [6.45, 7) is 4.32. The van der Waals surface area contributed by atoms with E-state index in [1.54, 1.807) is 0 Å². The van der Waals surface area contributed by atoms with E-state index < -0.39 is 6.09 Å². The van der Waals surface area contributed by atoms with E-state index in [0.29, 0.717) is 11.1 Å². The molecule has 1 amide bonds. The summed E-state index contributed by atoms with van der Waals surface area (Å²) in [6, 6.07) is 8.10. The van der Waals surface area contributed by atoms with E-state index in [1.165, 1.54) is 12.0 Å². The van der Waals surface area contributed by atoms with Gasteiger partial charge in [0.2, 0.25) is 0 Å². The molecule has 0 aliphatic heterocycles. The van der Waals surface area contributed by atoms with Crippen molar-refractivity contribution in [2.24, 2.45) is 0 Å². The lowest BCUT2D eigenvalue weighted by molar-refractivity contribution is 0.187. The van der Waals surface area contributed by atoms with Gasteiger partial charge in [-0.3, -0.25) is 5.32 Å². The Morgan fingerprint density at radius 3 is 2.83 bits per heavy atom. The number of thioether (sulfide) groups is 1. The maximum atomic E-state index is 11.1. The van der Waals surface area contributed by atoms with Crippen molar-refractivity contribution in [1.29, 1.82) is 0 Å². The van der Waals surface area contributed by atoms with Gasteiger partial charge in [0, 0.05) is 21.0 Å². The first kappa shape index (κ1) is 12.8. The highest BCUT2D eigenvalue weighted by Gasteiger charge is 2.06. The first-order valence-corrected chi connectivity index (χ1v) is 6.61. The number of hydrogen-bond acceptors (Lipinski definition) is 3. The molecule has 0 radical (unpaired) electrons. The number of rotatable bonds is 3. The van der Waals surface area contributed by atoms with Crippen LogP contribution in [0.3, 0.4) is 0 Å². The predicted octanol–water partition coefficient (Wildman–Crippen LogP) is 3.85. The van der Waals surface area contributed by atoms with Gasteiger partial charge in [-0.25, -0.2) is 4.79 Å². The van der Waals surface area contributed by atoms with Gasteiger partial charge in [0.25, 0.3) is 0 Å². The lowest BCUT2D eigenvalue weighted by atomic mass is 10.2. The standard InChI is InChI=1S/C13H16N2O2S/c1-8(2)18-10-5-4-9-6-12(14-11(9)7-10)15-13(16)17-3/h4-8,14H,1-3H3,(H,15,16). The summed E-state index contributed by atoms with van der Waals surface area (Å²) in [5.41, 5.74) is 1.01. The van der Waals surface area contributed by atoms with E-state index >= 15 is 0 Å². The van der Waals surface area contributed by atoms with Crippen LogP contribution in [0.5, 0.6) is 0 Å². The summed E-state index contributed by atoms with van der Waals surface area (Å²) < 4.78 is 4.55. The van der Waals surface area contributed by atoms with Gasteiger partial charge in [-0.1, -0.05) is 19.9 Å². The van der Waals surface area contributed by atoms with Crippen molar-refractivity contribution >= 4 is 34.6 Å². The van der Waals surface area contributed by atoms with Crippen LogP contribution < -0.4 is 5.32 Å². The second-order valence-electron chi connectivity index (χ2n) is 4.22. The van der Waals surface area contributed by atoms with Crippen LogP contribution in [-0.2, 0) is 4.74 Å². The zero-order valence-electron chi connectivity index (χ0n) is 10.6. The molecule has 0 saturated carbocycles. The number of benzene rings is 1. The molecule has 0 saturated heterocycles. The highest BCUT2D eigenvalue weighted by molar-refractivity contribution is 7.99. The summed E-state index contributed by atoms with van der Waals surface area (Å²) in [6.07, 6.45) is -0.474. The molecule has 96 valence electrons. The number of nitrogens with one attached hydrogen (secondary N) is 2. The maximum absolute atomic E-state index is 11.1. The van der Waals surface area contributed by atoms with Gasteiger partial charge in [-0.05, 0) is 18.2 Å². The van der Waals surface area contributed by atoms with Crippen molar-refractivity contribution < 1.29 is 9.53 Å². The van der Waals surface area contributed by atoms with Gasteiger partial charge >= 0.3 is 6.09 Å². The largest absolute Gasteiger partial charge is 0.453 e. The molecule has 0 fully saturated rings. The van der Waals surface area contributed by atoms with Gasteiger partial charge in [0.1, 0.15) is 5.82 Å². The SMILES string of the molecule is COC(=O)Nc1cc2ccc(SC(C)C)cc2[nH]1. The van der Waals surface area contributed by atoms with Crippen LogP contribution in [0.4, 0.5) is 10.6 Å². The Morgan fingerprint density at radius 1 is 1.39 bits per heavy atom. The monoisotopic (exact) mass is 264 g/mol. The van der Waals surface area contributed by atoms with Crippen molar-refractivity contribution in [3.63, 3.8) is 0 Å². The summed E-state index contributed by atoms with van der Waals surface area (Å²) in [7, 11) is 1.34. The molecule has 1 aromatic heterocycles. The Kier molecular flexibility index (Phi) is 3.81. The van der Waals surface area contributed by atoms with Gasteiger partial charge in [-0.15, -0.1) is 11.8 Å². The Morgan fingerprint density at radius 2 is 2.17 bits per heavy atom. The van der Waals surface area contributed by atoms with Gasteiger partial charge in [0.15, 0.2) is 0 Å². The highest BCUT2D eigenvalue weighted by Crippen LogP contribution is 2.27. The van der Waals surface area contributed by atoms with Crippen molar-refractivity contribution in [2.45, 2.75) is 24.0 Å². The quantitative estimate of drug-likeness (QED) is 0.828. The number of fused-ring (bicyclic) bond motifs is 1. The Hall–Kier alpha value is -1.62. The van der Waals surface area contributed by atoms with E-state index in [0.717, 1.165) is 10.9 Å². The number of H-pyrrole nitrogens is 1. The zero-order chi connectivity index (χ0) is 13.1. The third kappa shape index (κ3) is 2.98. The summed E-state index contributed by atoms with van der Waals surface area (Å²) in [5, 5.41) is 4.23. The number of carbonyl (C=O) groups excluding carboxylic acids is 1. The minimum absolute atomic E-state index is 0.474. The maximum Gasteiger partial charge on any atom is 0.412 e. The fourth-order valence-electron chi connectivity index (χ4n) is 1.68. The fraction of sp³-hybridized carbons (Fsp3) is 0.308. The molecule has 0 bridgehead atoms. The molecule has 5 heteroatoms. The fourth-order valence-corrected chi connectivity index (χ4v) is 2.56. The molecular weight excluding hydrogens is 248 g/mol. The second kappa shape index (κ2) is 5.35. The highest BCUT2D eigenvalue weighted by atomic mass is 32.2. The molecule has 0 atom stereocenters. The Balaban J connectivity index is 2.25. The van der Waals surface area contributed by atoms with Crippen molar-refractivity contribution in [3.8, 4) is 0 Å². The van der Waals surface area contributed by atoms with E-state index in [1.807, 2.05) is 23.9 Å². The molecule has 18 heavy (non-hydrogen) atoms. The van der Waals surface area contributed by atoms with Crippen LogP contribution >= 0.6 is 11.8 Å². The number of aromatic nitrogens is 1. The first-order valence-electron chi connectivity index (χ1n) is 5.73. The van der Waals surface area contributed by atoms with Crippen LogP contribution in [0.2, 0.25) is 0 Å². The van der Waals surface area contributed by atoms with Crippen LogP contribution in [0.1, 0.15) is 13.8 Å². The number of methoxy groups -OCH3 is 1. The summed E-state index contributed by atoms with van der Waals surface area (Å²) in [4.78, 5) is 15.5. The summed E-state index contributed by atoms with van der Waals surface area (Å²) >= 11 is 1.81. The van der Waals surface area contributed by atoms with Crippen LogP contribution in [-0.4, -0.2) is 23.4 Å². The minimum atomic E-state index is -0.474. The number of hydrogen-bond donors (Lipinski definition) is 2. The van der Waals surface area contributed by atoms with Crippen molar-refractivity contribution in [3.05, 3.63) is 24.3 Å². The molecule has 4 nitrogen and oxygen atoms in total. The lowest BCUT2D eigenvalue weighted by Gasteiger charge is -2.04. The van der Waals surface area contributed by atoms with Crippen molar-refractivity contribution in [1.82, 2.24) is 4.98 Å². The zero-order valence-corrected chi connectivity index (χ0v) is 11.4. The number of ether oxygens (including phenoxy) is 1. The molecule has 2 N–H and O–H groups in total. The number of amides is 1. The van der Waals surface area contributed by atoms with Crippen LogP contribution in [0.25, 0.3) is 10.9 Å². The molecule has 0 aliphatic rings. The normalized spacial score (nSPS) is 10.9. The van der Waals surface area contributed by atoms with Gasteiger partial charge < -0.3 is 9.72 Å². The number of anilines is 1. The van der Waals surface area contributed by atoms with Gasteiger partial charge in [-0.2, -0.15) is 0 Å². The Bertz CT molecular complexity index is 563. The molecular formula is C13H16N2O2S. The first-order chi connectivity index (χ1) is 8.58. The topological polar surface area (TPSA) is 54.1 Å². The smallest absolute Gasteiger partial charge is 0.412 e. The predicted molar refractivity (Wildman–Crippen MR) is 75.3 cm³/mol. The second-order valence-corrected chi connectivity index (χ2v) is 5.87. The third-order valence-electron chi connectivity index (χ3n) is 2.39. The van der Waals surface area contributed by atoms with Crippen LogP contribution in [0.15, 0.2) is 29.2 Å². The lowest BCUT2D eigenvalue weighted by Crippen LogP contribution is -2.10. The molecule has 2 rings (SSSR count). The van der Waals surface area contributed by atoms with E-state index in [2.05, 4.69) is 41.0 Å². The molecule has 0 spiro atoms. The van der Waals surface area contributed by atoms with E-state index in [9.17, 15) is 4.79 Å². The van der Waals surface area contributed by atoms with Crippen LogP contribution in [0, 0.1) is 0 Å². The number of carbonyl (C=O) groups is 1. The minimum Gasteiger partial charge on any atom is -0.453 e. The average molecular weight is 264 g/mol. The van der Waals surface area contributed by atoms with Gasteiger partial charge in [0.05, 0.1) is 7.11 Å². The molecule has 1 aromatic carbocycles. The average Bonchev–Trinajstić information content (AvgIpc) is 2.69. The molecule has 1 heterocycles. The third-order valence-corrected chi connectivity index (χ3v) is 3.39. The molecule has 0 aliphatic carbocycles. The van der Waals surface area contributed by atoms with E-state index in [-0.39, 0.29) is 0 Å². The molecule has 0 unspecified atom stereocenters. The summed E-state index contributed by atoms with van der Waals surface area (Å²) in [5.74, 6) is 0.642.